The quantitative estimate of drug-likeness (QED) is 0.532. The molecule has 0 amide bonds. The molecule has 5 nitrogen and oxygen atoms in total. The van der Waals surface area contributed by atoms with Gasteiger partial charge in [-0.3, -0.25) is 19.8 Å². The fourth-order valence-corrected chi connectivity index (χ4v) is 5.45. The number of ketones is 1. The molecule has 0 fully saturated rings. The van der Waals surface area contributed by atoms with Crippen molar-refractivity contribution in [3.05, 3.63) is 83.4 Å². The van der Waals surface area contributed by atoms with Crippen LogP contribution in [0.15, 0.2) is 51.8 Å². The van der Waals surface area contributed by atoms with Crippen molar-refractivity contribution in [2.24, 2.45) is 0 Å². The Kier molecular flexibility index (Phi) is 4.23. The van der Waals surface area contributed by atoms with E-state index in [9.17, 15) is 9.59 Å². The molecule has 28 heavy (non-hydrogen) atoms. The van der Waals surface area contributed by atoms with Crippen molar-refractivity contribution in [3.63, 3.8) is 0 Å². The van der Waals surface area contributed by atoms with Gasteiger partial charge < -0.3 is 5.32 Å². The molecular formula is C20H15Cl2N3O2S. The van der Waals surface area contributed by atoms with E-state index in [1.807, 2.05) is 17.5 Å². The van der Waals surface area contributed by atoms with Crippen LogP contribution in [0.5, 0.6) is 0 Å². The maximum atomic E-state index is 13.3. The first-order valence-corrected chi connectivity index (χ1v) is 10.5. The molecule has 2 aliphatic rings. The van der Waals surface area contributed by atoms with Crippen LogP contribution in [-0.2, 0) is 4.79 Å². The lowest BCUT2D eigenvalue weighted by Crippen LogP contribution is -2.31. The highest BCUT2D eigenvalue weighted by molar-refractivity contribution is 7.10. The molecule has 0 bridgehead atoms. The Hall–Kier alpha value is -2.28. The van der Waals surface area contributed by atoms with Gasteiger partial charge in [0.25, 0.3) is 5.56 Å². The van der Waals surface area contributed by atoms with Gasteiger partial charge in [0.15, 0.2) is 5.78 Å². The van der Waals surface area contributed by atoms with Crippen LogP contribution < -0.4 is 10.9 Å². The van der Waals surface area contributed by atoms with Gasteiger partial charge in [-0.25, -0.2) is 0 Å². The number of nitrogens with one attached hydrogen (secondary N) is 3. The Balaban J connectivity index is 1.70. The highest BCUT2D eigenvalue weighted by Gasteiger charge is 2.41. The third-order valence-electron chi connectivity index (χ3n) is 5.41. The first-order valence-electron chi connectivity index (χ1n) is 8.85. The second kappa shape index (κ2) is 6.65. The molecule has 0 radical (unpaired) electrons. The number of halogens is 2. The number of carbonyl (C=O) groups excluding carboxylic acids is 1. The predicted octanol–water partition coefficient (Wildman–Crippen LogP) is 5.03. The van der Waals surface area contributed by atoms with Crippen LogP contribution in [0.4, 0.5) is 5.82 Å². The number of fused-ring (bicyclic) bond motifs is 1. The molecule has 3 N–H and O–H groups in total. The van der Waals surface area contributed by atoms with Crippen molar-refractivity contribution in [1.82, 2.24) is 10.2 Å². The summed E-state index contributed by atoms with van der Waals surface area (Å²) in [5.74, 6) is 0.176. The SMILES string of the molecule is O=C1C[C@@H](c2cccs2)CC2=C1[C@H](c1cccc(Cl)c1Cl)c1c([nH][nH]c1=O)N2. The summed E-state index contributed by atoms with van der Waals surface area (Å²) in [6, 6.07) is 9.37. The zero-order chi connectivity index (χ0) is 19.4. The lowest BCUT2D eigenvalue weighted by atomic mass is 9.74. The van der Waals surface area contributed by atoms with E-state index in [1.54, 1.807) is 23.5 Å². The Morgan fingerprint density at radius 2 is 1.89 bits per heavy atom. The Morgan fingerprint density at radius 1 is 1.04 bits per heavy atom. The number of benzene rings is 1. The van der Waals surface area contributed by atoms with Gasteiger partial charge in [-0.05, 0) is 29.5 Å². The second-order valence-electron chi connectivity index (χ2n) is 7.00. The van der Waals surface area contributed by atoms with Gasteiger partial charge >= 0.3 is 0 Å². The Bertz CT molecular complexity index is 1180. The van der Waals surface area contributed by atoms with Gasteiger partial charge in [-0.2, -0.15) is 0 Å². The van der Waals surface area contributed by atoms with Crippen LogP contribution >= 0.6 is 34.5 Å². The van der Waals surface area contributed by atoms with E-state index in [0.29, 0.717) is 45.4 Å². The van der Waals surface area contributed by atoms with Gasteiger partial charge in [-0.15, -0.1) is 11.3 Å². The molecule has 1 aromatic carbocycles. The minimum absolute atomic E-state index is 0.0273. The molecule has 0 saturated heterocycles. The lowest BCUT2D eigenvalue weighted by Gasteiger charge is -2.34. The summed E-state index contributed by atoms with van der Waals surface area (Å²) < 4.78 is 0. The summed E-state index contributed by atoms with van der Waals surface area (Å²) in [5.41, 5.74) is 2.29. The first-order chi connectivity index (χ1) is 13.5. The van der Waals surface area contributed by atoms with Crippen molar-refractivity contribution < 1.29 is 4.79 Å². The number of hydrogen-bond acceptors (Lipinski definition) is 4. The predicted molar refractivity (Wildman–Crippen MR) is 112 cm³/mol. The normalized spacial score (nSPS) is 21.3. The Labute approximate surface area is 174 Å². The van der Waals surface area contributed by atoms with E-state index < -0.39 is 5.92 Å². The molecule has 3 heterocycles. The average Bonchev–Trinajstić information content (AvgIpc) is 3.33. The number of aromatic amines is 2. The van der Waals surface area contributed by atoms with E-state index >= 15 is 0 Å². The molecular weight excluding hydrogens is 417 g/mol. The summed E-state index contributed by atoms with van der Waals surface area (Å²) in [6.45, 7) is 0. The molecule has 2 aromatic heterocycles. The van der Waals surface area contributed by atoms with Crippen LogP contribution in [0.3, 0.4) is 0 Å². The highest BCUT2D eigenvalue weighted by atomic mass is 35.5. The van der Waals surface area contributed by atoms with Gasteiger partial charge in [0.2, 0.25) is 0 Å². The summed E-state index contributed by atoms with van der Waals surface area (Å²) in [5, 5.41) is 11.6. The number of hydrogen-bond donors (Lipinski definition) is 3. The molecule has 142 valence electrons. The number of carbonyl (C=O) groups is 1. The molecule has 2 atom stereocenters. The van der Waals surface area contributed by atoms with Crippen LogP contribution in [0.2, 0.25) is 10.0 Å². The molecule has 3 aromatic rings. The zero-order valence-electron chi connectivity index (χ0n) is 14.5. The van der Waals surface area contributed by atoms with Gasteiger partial charge in [0.05, 0.1) is 15.6 Å². The van der Waals surface area contributed by atoms with E-state index in [4.69, 9.17) is 23.2 Å². The molecule has 8 heteroatoms. The third kappa shape index (κ3) is 2.67. The smallest absolute Gasteiger partial charge is 0.270 e. The van der Waals surface area contributed by atoms with Gasteiger partial charge in [-0.1, -0.05) is 41.4 Å². The molecule has 0 unspecified atom stereocenters. The van der Waals surface area contributed by atoms with Crippen molar-refractivity contribution in [2.75, 3.05) is 5.32 Å². The summed E-state index contributed by atoms with van der Waals surface area (Å²) in [7, 11) is 0. The van der Waals surface area contributed by atoms with Gasteiger partial charge in [0.1, 0.15) is 5.82 Å². The molecule has 0 saturated carbocycles. The minimum atomic E-state index is -0.552. The van der Waals surface area contributed by atoms with Crippen LogP contribution in [0, 0.1) is 0 Å². The molecule has 1 aliphatic carbocycles. The number of aromatic nitrogens is 2. The van der Waals surface area contributed by atoms with E-state index in [-0.39, 0.29) is 17.3 Å². The van der Waals surface area contributed by atoms with E-state index in [2.05, 4.69) is 21.6 Å². The number of allylic oxidation sites excluding steroid dienone is 2. The van der Waals surface area contributed by atoms with Crippen molar-refractivity contribution in [1.29, 1.82) is 0 Å². The zero-order valence-corrected chi connectivity index (χ0v) is 16.8. The lowest BCUT2D eigenvalue weighted by molar-refractivity contribution is -0.116. The molecule has 5 rings (SSSR count). The standard InChI is InChI=1S/C20H15Cl2N3O2S/c21-11-4-1-3-10(18(11)22)15-16-12(23-19-17(15)20(27)25-24-19)7-9(8-13(16)26)14-5-2-6-28-14/h1-6,9,15H,7-8H2,(H3,23,24,25,27)/t9-,15-/m0/s1. The topological polar surface area (TPSA) is 77.8 Å². The second-order valence-corrected chi connectivity index (χ2v) is 8.77. The minimum Gasteiger partial charge on any atom is -0.343 e. The fraction of sp³-hybridized carbons (Fsp3) is 0.200. The number of Topliss-reactive ketones (excluding diaryl/α,β-unsaturated/α-hetero) is 1. The summed E-state index contributed by atoms with van der Waals surface area (Å²) >= 11 is 14.4. The number of rotatable bonds is 2. The Morgan fingerprint density at radius 3 is 2.68 bits per heavy atom. The van der Waals surface area contributed by atoms with Crippen molar-refractivity contribution >= 4 is 46.1 Å². The van der Waals surface area contributed by atoms with Crippen molar-refractivity contribution in [2.45, 2.75) is 24.7 Å². The van der Waals surface area contributed by atoms with E-state index in [1.165, 1.54) is 4.88 Å². The molecule has 0 spiro atoms. The maximum Gasteiger partial charge on any atom is 0.270 e. The summed E-state index contributed by atoms with van der Waals surface area (Å²) in [6.07, 6.45) is 1.11. The van der Waals surface area contributed by atoms with E-state index in [0.717, 1.165) is 5.70 Å². The van der Waals surface area contributed by atoms with Crippen LogP contribution in [0.1, 0.15) is 40.7 Å². The van der Waals surface area contributed by atoms with Crippen molar-refractivity contribution in [3.8, 4) is 0 Å². The van der Waals surface area contributed by atoms with Crippen LogP contribution in [0.25, 0.3) is 0 Å². The van der Waals surface area contributed by atoms with Crippen LogP contribution in [-0.4, -0.2) is 16.0 Å². The average molecular weight is 432 g/mol. The van der Waals surface area contributed by atoms with Gasteiger partial charge in [0, 0.05) is 34.4 Å². The fourth-order valence-electron chi connectivity index (χ4n) is 4.20. The number of thiophene rings is 1. The number of H-pyrrole nitrogens is 2. The first kappa shape index (κ1) is 17.8. The molecule has 1 aliphatic heterocycles. The number of anilines is 1. The summed E-state index contributed by atoms with van der Waals surface area (Å²) in [4.78, 5) is 27.0. The maximum absolute atomic E-state index is 13.3. The highest BCUT2D eigenvalue weighted by Crippen LogP contribution is 2.48. The monoisotopic (exact) mass is 431 g/mol. The largest absolute Gasteiger partial charge is 0.343 e. The third-order valence-corrected chi connectivity index (χ3v) is 7.28.